The first-order valence-corrected chi connectivity index (χ1v) is 16.0. The molecule has 0 aliphatic heterocycles. The van der Waals surface area contributed by atoms with E-state index in [9.17, 15) is 14.7 Å². The molecule has 0 radical (unpaired) electrons. The Morgan fingerprint density at radius 1 is 1.07 bits per heavy atom. The summed E-state index contributed by atoms with van der Waals surface area (Å²) in [6.07, 6.45) is 4.34. The first kappa shape index (κ1) is 31.5. The van der Waals surface area contributed by atoms with Crippen molar-refractivity contribution in [1.29, 1.82) is 0 Å². The van der Waals surface area contributed by atoms with E-state index in [0.29, 0.717) is 25.9 Å². The third-order valence-electron chi connectivity index (χ3n) is 11.7. The van der Waals surface area contributed by atoms with Gasteiger partial charge in [0, 0.05) is 29.7 Å². The molecule has 1 N–H and O–H groups in total. The molecule has 3 aliphatic carbocycles. The smallest absolute Gasteiger partial charge is 0.320 e. The van der Waals surface area contributed by atoms with E-state index in [4.69, 9.17) is 9.47 Å². The lowest BCUT2D eigenvalue weighted by Gasteiger charge is -2.61. The maximum Gasteiger partial charge on any atom is 0.320 e. The van der Waals surface area contributed by atoms with Crippen LogP contribution in [-0.2, 0) is 20.9 Å². The van der Waals surface area contributed by atoms with Crippen LogP contribution in [0, 0.1) is 34.0 Å². The van der Waals surface area contributed by atoms with E-state index in [-0.39, 0.29) is 41.5 Å². The molecule has 0 amide bonds. The number of para-hydroxylation sites is 1. The van der Waals surface area contributed by atoms with E-state index in [0.717, 1.165) is 36.3 Å². The van der Waals surface area contributed by atoms with Crippen LogP contribution in [0.3, 0.4) is 0 Å². The summed E-state index contributed by atoms with van der Waals surface area (Å²) in [5.41, 5.74) is -0.350. The molecule has 0 spiro atoms. The highest BCUT2D eigenvalue weighted by Crippen LogP contribution is 2.68. The maximum atomic E-state index is 13.7. The average Bonchev–Trinajstić information content (AvgIpc) is 3.36. The standard InChI is InChI=1S/C37H49NO5/c1-7-35(5)22-31(36(6)25(3)18-20-37(26(4)34(35)41)21-19-30(39)33(36)37)43-32(40)24-38(8-2)23-27-14-16-29(17-15-27)42-28-12-10-9-11-13-28/h7,9-17,25-26,31,33-34,41H,1,8,18-24H2,2-6H3/t25-,26+,31-,33?,34+,35-,36+,37+/m1/s1. The zero-order valence-electron chi connectivity index (χ0n) is 26.6. The second-order valence-electron chi connectivity index (χ2n) is 13.9. The van der Waals surface area contributed by atoms with Crippen LogP contribution in [0.1, 0.15) is 72.3 Å². The number of esters is 1. The highest BCUT2D eigenvalue weighted by Gasteiger charge is 2.68. The molecule has 2 bridgehead atoms. The fraction of sp³-hybridized carbons (Fsp3) is 0.568. The average molecular weight is 588 g/mol. The molecule has 232 valence electrons. The van der Waals surface area contributed by atoms with Gasteiger partial charge < -0.3 is 14.6 Å². The normalized spacial score (nSPS) is 35.5. The maximum absolute atomic E-state index is 13.7. The van der Waals surface area contributed by atoms with Crippen molar-refractivity contribution in [1.82, 2.24) is 4.90 Å². The third kappa shape index (κ3) is 5.69. The van der Waals surface area contributed by atoms with Crippen LogP contribution < -0.4 is 4.74 Å². The van der Waals surface area contributed by atoms with Gasteiger partial charge in [-0.2, -0.15) is 0 Å². The lowest BCUT2D eigenvalue weighted by Crippen LogP contribution is -2.63. The summed E-state index contributed by atoms with van der Waals surface area (Å²) in [5.74, 6) is 1.47. The first-order valence-electron chi connectivity index (χ1n) is 16.0. The third-order valence-corrected chi connectivity index (χ3v) is 11.7. The molecule has 1 unspecified atom stereocenters. The lowest BCUT2D eigenvalue weighted by molar-refractivity contribution is -0.207. The number of aliphatic hydroxyl groups is 1. The Balaban J connectivity index is 1.34. The minimum atomic E-state index is -0.668. The Morgan fingerprint density at radius 3 is 2.40 bits per heavy atom. The molecule has 3 fully saturated rings. The fourth-order valence-electron chi connectivity index (χ4n) is 8.71. The first-order chi connectivity index (χ1) is 20.5. The number of rotatable bonds is 9. The molecule has 3 aliphatic rings. The second-order valence-corrected chi connectivity index (χ2v) is 13.9. The van der Waals surface area contributed by atoms with Crippen LogP contribution in [0.5, 0.6) is 11.5 Å². The Kier molecular flexibility index (Phi) is 8.93. The van der Waals surface area contributed by atoms with Crippen molar-refractivity contribution in [3.05, 3.63) is 72.8 Å². The molecule has 43 heavy (non-hydrogen) atoms. The Bertz CT molecular complexity index is 1310. The fourth-order valence-corrected chi connectivity index (χ4v) is 8.71. The zero-order chi connectivity index (χ0) is 31.0. The number of hydrogen-bond acceptors (Lipinski definition) is 6. The molecule has 2 aromatic carbocycles. The summed E-state index contributed by atoms with van der Waals surface area (Å²) in [6.45, 7) is 16.1. The SMILES string of the molecule is C=C[C@]1(C)C[C@@H](OC(=O)CN(CC)Cc2ccc(Oc3ccccc3)cc2)[C@@]2(C)C3C(=O)CC[C@@]3(CC[C@H]2C)[C@@H](C)[C@@H]1O. The number of nitrogens with zero attached hydrogens (tertiary/aromatic N) is 1. The number of carbonyl (C=O) groups excluding carboxylic acids is 2. The Labute approximate surface area is 257 Å². The monoisotopic (exact) mass is 587 g/mol. The van der Waals surface area contributed by atoms with Crippen molar-refractivity contribution in [3.8, 4) is 11.5 Å². The van der Waals surface area contributed by atoms with Crippen molar-refractivity contribution in [3.63, 3.8) is 0 Å². The number of ether oxygens (including phenoxy) is 2. The highest BCUT2D eigenvalue weighted by molar-refractivity contribution is 5.85. The van der Waals surface area contributed by atoms with Gasteiger partial charge in [-0.25, -0.2) is 0 Å². The van der Waals surface area contributed by atoms with E-state index < -0.39 is 23.0 Å². The quantitative estimate of drug-likeness (QED) is 0.247. The number of likely N-dealkylation sites (N-methyl/N-ethyl adjacent to an activating group) is 1. The van der Waals surface area contributed by atoms with E-state index in [1.165, 1.54) is 0 Å². The van der Waals surface area contributed by atoms with Crippen LogP contribution in [0.2, 0.25) is 0 Å². The number of benzene rings is 2. The second kappa shape index (κ2) is 12.2. The number of Topliss-reactive ketones (excluding diaryl/α,β-unsaturated/α-hetero) is 1. The highest BCUT2D eigenvalue weighted by atomic mass is 16.5. The van der Waals surface area contributed by atoms with Crippen LogP contribution in [0.25, 0.3) is 0 Å². The van der Waals surface area contributed by atoms with Crippen molar-refractivity contribution < 1.29 is 24.2 Å². The van der Waals surface area contributed by atoms with Gasteiger partial charge in [-0.15, -0.1) is 6.58 Å². The summed E-state index contributed by atoms with van der Waals surface area (Å²) in [5, 5.41) is 11.8. The summed E-state index contributed by atoms with van der Waals surface area (Å²) in [7, 11) is 0. The molecule has 3 saturated carbocycles. The van der Waals surface area contributed by atoms with E-state index in [1.54, 1.807) is 0 Å². The van der Waals surface area contributed by atoms with E-state index in [1.807, 2.05) is 74.5 Å². The molecule has 0 aromatic heterocycles. The van der Waals surface area contributed by atoms with Gasteiger partial charge in [0.05, 0.1) is 12.6 Å². The predicted octanol–water partition coefficient (Wildman–Crippen LogP) is 7.21. The van der Waals surface area contributed by atoms with Gasteiger partial charge in [-0.3, -0.25) is 14.5 Å². The molecular weight excluding hydrogens is 538 g/mol. The number of ketones is 1. The van der Waals surface area contributed by atoms with Gasteiger partial charge in [-0.05, 0) is 79.3 Å². The molecule has 5 rings (SSSR count). The lowest BCUT2D eigenvalue weighted by atomic mass is 9.44. The van der Waals surface area contributed by atoms with Gasteiger partial charge in [-0.1, -0.05) is 71.0 Å². The van der Waals surface area contributed by atoms with E-state index in [2.05, 4.69) is 32.3 Å². The largest absolute Gasteiger partial charge is 0.461 e. The number of carbonyl (C=O) groups is 2. The molecular formula is C37H49NO5. The van der Waals surface area contributed by atoms with Crippen molar-refractivity contribution in [2.24, 2.45) is 34.0 Å². The van der Waals surface area contributed by atoms with Crippen molar-refractivity contribution >= 4 is 11.8 Å². The van der Waals surface area contributed by atoms with Gasteiger partial charge >= 0.3 is 5.97 Å². The Hall–Kier alpha value is -2.96. The van der Waals surface area contributed by atoms with Gasteiger partial charge in [0.15, 0.2) is 0 Å². The Morgan fingerprint density at radius 2 is 1.74 bits per heavy atom. The summed E-state index contributed by atoms with van der Waals surface area (Å²) in [6, 6.07) is 17.6. The van der Waals surface area contributed by atoms with Crippen molar-refractivity contribution in [2.75, 3.05) is 13.1 Å². The minimum absolute atomic E-state index is 0.0458. The van der Waals surface area contributed by atoms with Crippen LogP contribution in [-0.4, -0.2) is 47.1 Å². The molecule has 6 heteroatoms. The topological polar surface area (TPSA) is 76.1 Å². The van der Waals surface area contributed by atoms with E-state index >= 15 is 0 Å². The molecule has 0 heterocycles. The summed E-state index contributed by atoms with van der Waals surface area (Å²) < 4.78 is 12.4. The number of hydrogen-bond donors (Lipinski definition) is 1. The van der Waals surface area contributed by atoms with Crippen LogP contribution in [0.4, 0.5) is 0 Å². The van der Waals surface area contributed by atoms with Gasteiger partial charge in [0.2, 0.25) is 0 Å². The molecule has 2 aromatic rings. The predicted molar refractivity (Wildman–Crippen MR) is 169 cm³/mol. The van der Waals surface area contributed by atoms with Crippen LogP contribution in [0.15, 0.2) is 67.3 Å². The zero-order valence-corrected chi connectivity index (χ0v) is 26.6. The van der Waals surface area contributed by atoms with Crippen molar-refractivity contribution in [2.45, 2.75) is 85.5 Å². The van der Waals surface area contributed by atoms with Gasteiger partial charge in [0.1, 0.15) is 23.4 Å². The summed E-state index contributed by atoms with van der Waals surface area (Å²) >= 11 is 0. The minimum Gasteiger partial charge on any atom is -0.461 e. The molecule has 8 atom stereocenters. The van der Waals surface area contributed by atoms with Gasteiger partial charge in [0.25, 0.3) is 0 Å². The van der Waals surface area contributed by atoms with Crippen LogP contribution >= 0.6 is 0 Å². The number of aliphatic hydroxyl groups excluding tert-OH is 1. The summed E-state index contributed by atoms with van der Waals surface area (Å²) in [4.78, 5) is 29.4. The molecule has 6 nitrogen and oxygen atoms in total. The molecule has 0 saturated heterocycles.